The lowest BCUT2D eigenvalue weighted by Crippen LogP contribution is -2.40. The van der Waals surface area contributed by atoms with Crippen LogP contribution in [0.4, 0.5) is 0 Å². The summed E-state index contributed by atoms with van der Waals surface area (Å²) >= 11 is 0. The molecule has 108 valence electrons. The van der Waals surface area contributed by atoms with Crippen molar-refractivity contribution >= 4 is 24.9 Å². The number of aryl methyl sites for hydroxylation is 1. The Bertz CT molecular complexity index is 660. The Morgan fingerprint density at radius 2 is 2.10 bits per heavy atom. The third-order valence-corrected chi connectivity index (χ3v) is 6.03. The van der Waals surface area contributed by atoms with Crippen molar-refractivity contribution in [2.75, 3.05) is 0 Å². The van der Waals surface area contributed by atoms with E-state index < -0.39 is 14.0 Å². The SMILES string of the molecule is CC(Oc1nccc2c1c(C(N)=O)nn2C)[Si](C)(C)C. The number of fused-ring (bicyclic) bond motifs is 1. The maximum absolute atomic E-state index is 11.5. The summed E-state index contributed by atoms with van der Waals surface area (Å²) in [5, 5.41) is 4.74. The van der Waals surface area contributed by atoms with E-state index in [-0.39, 0.29) is 11.4 Å². The number of hydrogen-bond donors (Lipinski definition) is 1. The van der Waals surface area contributed by atoms with Crippen LogP contribution < -0.4 is 10.5 Å². The van der Waals surface area contributed by atoms with Crippen molar-refractivity contribution in [2.24, 2.45) is 12.8 Å². The molecule has 1 unspecified atom stereocenters. The van der Waals surface area contributed by atoms with Crippen LogP contribution in [-0.2, 0) is 7.05 Å². The third kappa shape index (κ3) is 2.53. The maximum atomic E-state index is 11.5. The van der Waals surface area contributed by atoms with E-state index in [2.05, 4.69) is 29.7 Å². The second-order valence-corrected chi connectivity index (χ2v) is 11.5. The quantitative estimate of drug-likeness (QED) is 0.870. The molecule has 2 aromatic heterocycles. The van der Waals surface area contributed by atoms with Crippen LogP contribution >= 0.6 is 0 Å². The topological polar surface area (TPSA) is 83.0 Å². The van der Waals surface area contributed by atoms with E-state index in [1.54, 1.807) is 24.0 Å². The van der Waals surface area contributed by atoms with Gasteiger partial charge < -0.3 is 10.5 Å². The summed E-state index contributed by atoms with van der Waals surface area (Å²) in [7, 11) is 0.290. The van der Waals surface area contributed by atoms with Crippen molar-refractivity contribution in [1.29, 1.82) is 0 Å². The number of hydrogen-bond acceptors (Lipinski definition) is 4. The largest absolute Gasteiger partial charge is 0.478 e. The molecule has 2 aromatic rings. The highest BCUT2D eigenvalue weighted by Gasteiger charge is 2.27. The van der Waals surface area contributed by atoms with Crippen LogP contribution in [0.3, 0.4) is 0 Å². The number of aromatic nitrogens is 3. The predicted octanol–water partition coefficient (Wildman–Crippen LogP) is 1.71. The second-order valence-electron chi connectivity index (χ2n) is 5.97. The number of carbonyl (C=O) groups excluding carboxylic acids is 1. The van der Waals surface area contributed by atoms with E-state index in [0.29, 0.717) is 11.3 Å². The molecule has 0 bridgehead atoms. The lowest BCUT2D eigenvalue weighted by atomic mass is 10.2. The fourth-order valence-electron chi connectivity index (χ4n) is 1.79. The summed E-state index contributed by atoms with van der Waals surface area (Å²) in [4.78, 5) is 15.8. The first-order valence-electron chi connectivity index (χ1n) is 6.50. The van der Waals surface area contributed by atoms with Crippen molar-refractivity contribution in [2.45, 2.75) is 32.3 Å². The fraction of sp³-hybridized carbons (Fsp3) is 0.462. The van der Waals surface area contributed by atoms with Crippen LogP contribution in [-0.4, -0.2) is 34.5 Å². The van der Waals surface area contributed by atoms with Gasteiger partial charge in [-0.15, -0.1) is 0 Å². The molecule has 2 rings (SSSR count). The second kappa shape index (κ2) is 4.90. The number of ether oxygens (including phenoxy) is 1. The van der Waals surface area contributed by atoms with Crippen molar-refractivity contribution < 1.29 is 9.53 Å². The van der Waals surface area contributed by atoms with E-state index in [0.717, 1.165) is 5.52 Å². The molecule has 2 N–H and O–H groups in total. The van der Waals surface area contributed by atoms with E-state index in [9.17, 15) is 4.79 Å². The van der Waals surface area contributed by atoms with Crippen LogP contribution in [0.1, 0.15) is 17.4 Å². The van der Waals surface area contributed by atoms with Gasteiger partial charge in [-0.1, -0.05) is 19.6 Å². The Balaban J connectivity index is 2.57. The summed E-state index contributed by atoms with van der Waals surface area (Å²) in [6, 6.07) is 1.79. The van der Waals surface area contributed by atoms with Gasteiger partial charge in [-0.2, -0.15) is 5.10 Å². The zero-order valence-corrected chi connectivity index (χ0v) is 13.5. The van der Waals surface area contributed by atoms with Crippen LogP contribution in [0.25, 0.3) is 10.9 Å². The van der Waals surface area contributed by atoms with Crippen LogP contribution in [0.5, 0.6) is 5.88 Å². The van der Waals surface area contributed by atoms with Gasteiger partial charge in [0, 0.05) is 13.2 Å². The number of amides is 1. The summed E-state index contributed by atoms with van der Waals surface area (Å²) in [5.74, 6) is -0.145. The molecule has 1 atom stereocenters. The minimum Gasteiger partial charge on any atom is -0.478 e. The van der Waals surface area contributed by atoms with E-state index in [4.69, 9.17) is 10.5 Å². The Kier molecular flexibility index (Phi) is 3.55. The Hall–Kier alpha value is -1.89. The molecule has 1 amide bonds. The Morgan fingerprint density at radius 3 is 2.65 bits per heavy atom. The monoisotopic (exact) mass is 292 g/mol. The third-order valence-electron chi connectivity index (χ3n) is 3.47. The van der Waals surface area contributed by atoms with Gasteiger partial charge in [0.15, 0.2) is 5.69 Å². The van der Waals surface area contributed by atoms with Gasteiger partial charge in [0.05, 0.1) is 24.7 Å². The molecule has 7 heteroatoms. The lowest BCUT2D eigenvalue weighted by Gasteiger charge is -2.25. The van der Waals surface area contributed by atoms with Crippen molar-refractivity contribution in [1.82, 2.24) is 14.8 Å². The van der Waals surface area contributed by atoms with Crippen molar-refractivity contribution in [3.63, 3.8) is 0 Å². The summed E-state index contributed by atoms with van der Waals surface area (Å²) < 4.78 is 7.60. The Morgan fingerprint density at radius 1 is 1.45 bits per heavy atom. The van der Waals surface area contributed by atoms with Gasteiger partial charge >= 0.3 is 0 Å². The van der Waals surface area contributed by atoms with E-state index in [1.807, 2.05) is 6.92 Å². The Labute approximate surface area is 118 Å². The van der Waals surface area contributed by atoms with E-state index >= 15 is 0 Å². The number of primary amides is 1. The molecule has 6 nitrogen and oxygen atoms in total. The zero-order chi connectivity index (χ0) is 15.1. The smallest absolute Gasteiger partial charge is 0.270 e. The van der Waals surface area contributed by atoms with E-state index in [1.165, 1.54) is 0 Å². The molecule has 0 aliphatic carbocycles. The first-order valence-corrected chi connectivity index (χ1v) is 10.1. The summed E-state index contributed by atoms with van der Waals surface area (Å²) in [6.45, 7) is 8.69. The molecule has 0 fully saturated rings. The van der Waals surface area contributed by atoms with Gasteiger partial charge in [0.1, 0.15) is 0 Å². The highest BCUT2D eigenvalue weighted by molar-refractivity contribution is 6.77. The number of nitrogens with zero attached hydrogens (tertiary/aromatic N) is 3. The zero-order valence-electron chi connectivity index (χ0n) is 12.5. The van der Waals surface area contributed by atoms with Gasteiger partial charge in [-0.05, 0) is 13.0 Å². The highest BCUT2D eigenvalue weighted by atomic mass is 28.3. The first-order chi connectivity index (χ1) is 9.21. The molecule has 0 saturated heterocycles. The number of pyridine rings is 1. The van der Waals surface area contributed by atoms with Crippen LogP contribution in [0.2, 0.25) is 19.6 Å². The first kappa shape index (κ1) is 14.5. The van der Waals surface area contributed by atoms with Crippen LogP contribution in [0, 0.1) is 0 Å². The van der Waals surface area contributed by atoms with Gasteiger partial charge in [0.2, 0.25) is 5.88 Å². The van der Waals surface area contributed by atoms with Crippen molar-refractivity contribution in [3.05, 3.63) is 18.0 Å². The molecular weight excluding hydrogens is 272 g/mol. The minimum atomic E-state index is -1.47. The maximum Gasteiger partial charge on any atom is 0.270 e. The molecule has 2 heterocycles. The highest BCUT2D eigenvalue weighted by Crippen LogP contribution is 2.28. The van der Waals surface area contributed by atoms with Crippen molar-refractivity contribution in [3.8, 4) is 5.88 Å². The van der Waals surface area contributed by atoms with Gasteiger partial charge in [-0.25, -0.2) is 4.98 Å². The average molecular weight is 292 g/mol. The molecule has 0 radical (unpaired) electrons. The molecule has 20 heavy (non-hydrogen) atoms. The molecule has 0 aliphatic heterocycles. The standard InChI is InChI=1S/C13H20N4O2Si/c1-8(20(3,4)5)19-13-10-9(6-7-15-13)17(2)16-11(10)12(14)18/h6-8H,1-5H3,(H2,14,18). The van der Waals surface area contributed by atoms with Gasteiger partial charge in [0.25, 0.3) is 5.91 Å². The predicted molar refractivity (Wildman–Crippen MR) is 80.5 cm³/mol. The summed E-state index contributed by atoms with van der Waals surface area (Å²) in [6.07, 6.45) is 1.65. The van der Waals surface area contributed by atoms with Crippen LogP contribution in [0.15, 0.2) is 12.3 Å². The molecule has 0 saturated carbocycles. The molecular formula is C13H20N4O2Si. The lowest BCUT2D eigenvalue weighted by molar-refractivity contribution is 0.0996. The number of nitrogens with two attached hydrogens (primary N) is 1. The number of rotatable bonds is 4. The number of carbonyl (C=O) groups is 1. The molecule has 0 aromatic carbocycles. The minimum absolute atomic E-state index is 0.0709. The summed E-state index contributed by atoms with van der Waals surface area (Å²) in [5.41, 5.74) is 6.45. The van der Waals surface area contributed by atoms with Gasteiger partial charge in [-0.3, -0.25) is 9.48 Å². The normalized spacial score (nSPS) is 13.4. The fourth-order valence-corrected chi connectivity index (χ4v) is 2.25. The molecule has 0 aliphatic rings. The molecule has 0 spiro atoms. The average Bonchev–Trinajstić information content (AvgIpc) is 2.67.